The van der Waals surface area contributed by atoms with Crippen LogP contribution in [-0.4, -0.2) is 95.5 Å². The first-order valence-corrected chi connectivity index (χ1v) is 19.8. The van der Waals surface area contributed by atoms with Crippen LogP contribution in [0.15, 0.2) is 88.9 Å². The molecule has 0 aliphatic heterocycles. The SMILES string of the molecule is CC(C)CN(C[C@@H](O)[C@H](Cc1ccccc1)NC(=O)[C@H](NC(=O)CN(Cc1cccc(F)c1)C(=O)OC(C)(C)C)C(C)(C)C)S(=O)(=O)c1ccc(/C=N/O)cc1. The van der Waals surface area contributed by atoms with Crippen LogP contribution in [0.1, 0.15) is 72.1 Å². The fourth-order valence-electron chi connectivity index (χ4n) is 5.80. The predicted molar refractivity (Wildman–Crippen MR) is 212 cm³/mol. The van der Waals surface area contributed by atoms with Crippen molar-refractivity contribution in [3.8, 4) is 0 Å². The van der Waals surface area contributed by atoms with Gasteiger partial charge in [0.05, 0.1) is 23.3 Å². The molecule has 13 nitrogen and oxygen atoms in total. The minimum Gasteiger partial charge on any atom is -0.444 e. The number of carbonyl (C=O) groups is 3. The fraction of sp³-hybridized carbons (Fsp3) is 0.463. The van der Waals surface area contributed by atoms with Gasteiger partial charge in [0.15, 0.2) is 0 Å². The van der Waals surface area contributed by atoms with E-state index in [1.807, 2.05) is 32.0 Å². The maximum atomic E-state index is 14.2. The number of nitrogens with one attached hydrogen (secondary N) is 2. The minimum absolute atomic E-state index is 0.0302. The van der Waals surface area contributed by atoms with Crippen LogP contribution < -0.4 is 10.6 Å². The number of sulfonamides is 1. The average Bonchev–Trinajstić information content (AvgIpc) is 3.09. The van der Waals surface area contributed by atoms with Gasteiger partial charge in [-0.25, -0.2) is 17.6 Å². The maximum Gasteiger partial charge on any atom is 0.411 e. The van der Waals surface area contributed by atoms with E-state index in [0.29, 0.717) is 11.1 Å². The zero-order valence-corrected chi connectivity index (χ0v) is 34.2. The molecule has 0 unspecified atom stereocenters. The number of hydrogen-bond acceptors (Lipinski definition) is 9. The molecule has 56 heavy (non-hydrogen) atoms. The van der Waals surface area contributed by atoms with Crippen LogP contribution in [0.3, 0.4) is 0 Å². The van der Waals surface area contributed by atoms with Crippen molar-refractivity contribution in [2.24, 2.45) is 16.5 Å². The van der Waals surface area contributed by atoms with Crippen LogP contribution in [0, 0.1) is 17.2 Å². The van der Waals surface area contributed by atoms with Crippen molar-refractivity contribution in [1.29, 1.82) is 0 Å². The van der Waals surface area contributed by atoms with Gasteiger partial charge in [0.2, 0.25) is 21.8 Å². The Morgan fingerprint density at radius 1 is 0.893 bits per heavy atom. The zero-order chi connectivity index (χ0) is 41.8. The van der Waals surface area contributed by atoms with E-state index >= 15 is 0 Å². The summed E-state index contributed by atoms with van der Waals surface area (Å²) >= 11 is 0. The molecule has 0 bridgehead atoms. The molecule has 0 aromatic heterocycles. The predicted octanol–water partition coefficient (Wildman–Crippen LogP) is 5.34. The van der Waals surface area contributed by atoms with Crippen molar-refractivity contribution in [3.63, 3.8) is 0 Å². The summed E-state index contributed by atoms with van der Waals surface area (Å²) in [6.45, 7) is 13.0. The minimum atomic E-state index is -4.14. The normalized spacial score (nSPS) is 14.0. The molecule has 4 N–H and O–H groups in total. The topological polar surface area (TPSA) is 178 Å². The number of aliphatic hydroxyl groups excluding tert-OH is 1. The number of aliphatic hydroxyl groups is 1. The lowest BCUT2D eigenvalue weighted by atomic mass is 9.85. The molecule has 0 heterocycles. The Morgan fingerprint density at radius 2 is 1.52 bits per heavy atom. The average molecular weight is 798 g/mol. The van der Waals surface area contributed by atoms with Crippen molar-refractivity contribution >= 4 is 34.1 Å². The summed E-state index contributed by atoms with van der Waals surface area (Å²) in [5, 5.41) is 29.3. The molecule has 3 aromatic carbocycles. The highest BCUT2D eigenvalue weighted by atomic mass is 32.2. The van der Waals surface area contributed by atoms with Gasteiger partial charge in [0.1, 0.15) is 24.0 Å². The highest BCUT2D eigenvalue weighted by molar-refractivity contribution is 7.89. The van der Waals surface area contributed by atoms with E-state index in [4.69, 9.17) is 9.94 Å². The van der Waals surface area contributed by atoms with Gasteiger partial charge in [0, 0.05) is 19.6 Å². The molecule has 0 spiro atoms. The second-order valence-corrected chi connectivity index (χ2v) is 18.2. The highest BCUT2D eigenvalue weighted by Crippen LogP contribution is 2.23. The Hall–Kier alpha value is -4.86. The van der Waals surface area contributed by atoms with Gasteiger partial charge >= 0.3 is 6.09 Å². The summed E-state index contributed by atoms with van der Waals surface area (Å²) in [7, 11) is -4.14. The molecular weight excluding hydrogens is 742 g/mol. The Labute approximate surface area is 330 Å². The first-order chi connectivity index (χ1) is 26.1. The quantitative estimate of drug-likeness (QED) is 0.0804. The Kier molecular flexibility index (Phi) is 16.1. The van der Waals surface area contributed by atoms with Gasteiger partial charge in [-0.05, 0) is 79.5 Å². The standard InChI is InChI=1S/C41H56FN5O8S/c1-28(2)24-47(56(53,54)33-19-17-30(18-20-33)23-43-52)26-35(48)34(22-29-13-10-9-11-14-29)44-38(50)37(40(3,4)5)45-36(49)27-46(39(51)55-41(6,7)8)25-31-15-12-16-32(42)21-31/h9-21,23,28,34-35,37,48,52H,22,24-27H2,1-8H3,(H,44,50)(H,45,49)/b43-23+/t34-,35+,37-/m0/s1. The van der Waals surface area contributed by atoms with E-state index in [9.17, 15) is 32.3 Å². The third-order valence-corrected chi connectivity index (χ3v) is 10.3. The van der Waals surface area contributed by atoms with Crippen molar-refractivity contribution < 1.29 is 42.2 Å². The number of oxime groups is 1. The van der Waals surface area contributed by atoms with Gasteiger partial charge in [-0.2, -0.15) is 4.31 Å². The summed E-state index contributed by atoms with van der Waals surface area (Å²) in [4.78, 5) is 42.1. The van der Waals surface area contributed by atoms with E-state index in [1.165, 1.54) is 53.0 Å². The summed E-state index contributed by atoms with van der Waals surface area (Å²) in [6, 6.07) is 18.2. The number of amides is 3. The zero-order valence-electron chi connectivity index (χ0n) is 33.4. The number of nitrogens with zero attached hydrogens (tertiary/aromatic N) is 3. The molecule has 3 rings (SSSR count). The first-order valence-electron chi connectivity index (χ1n) is 18.4. The van der Waals surface area contributed by atoms with Gasteiger partial charge in [-0.15, -0.1) is 0 Å². The van der Waals surface area contributed by atoms with E-state index in [2.05, 4.69) is 15.8 Å². The molecule has 0 radical (unpaired) electrons. The molecule has 0 saturated heterocycles. The van der Waals surface area contributed by atoms with Gasteiger partial charge < -0.3 is 25.7 Å². The molecule has 0 fully saturated rings. The molecular formula is C41H56FN5O8S. The third-order valence-electron chi connectivity index (χ3n) is 8.46. The van der Waals surface area contributed by atoms with Gasteiger partial charge in [-0.1, -0.05) is 94.4 Å². The van der Waals surface area contributed by atoms with Gasteiger partial charge in [0.25, 0.3) is 0 Å². The maximum absolute atomic E-state index is 14.2. The second kappa shape index (κ2) is 19.8. The van der Waals surface area contributed by atoms with Crippen molar-refractivity contribution in [2.75, 3.05) is 19.6 Å². The number of ether oxygens (including phenoxy) is 1. The molecule has 0 aliphatic carbocycles. The monoisotopic (exact) mass is 797 g/mol. The van der Waals surface area contributed by atoms with E-state index in [1.54, 1.807) is 59.7 Å². The van der Waals surface area contributed by atoms with E-state index < -0.39 is 69.5 Å². The van der Waals surface area contributed by atoms with Crippen LogP contribution in [0.2, 0.25) is 0 Å². The van der Waals surface area contributed by atoms with Crippen molar-refractivity contribution in [1.82, 2.24) is 19.8 Å². The first kappa shape index (κ1) is 45.5. The summed E-state index contributed by atoms with van der Waals surface area (Å²) in [5.41, 5.74) is -0.0925. The molecule has 0 saturated carbocycles. The van der Waals surface area contributed by atoms with Crippen LogP contribution in [0.5, 0.6) is 0 Å². The van der Waals surface area contributed by atoms with Crippen LogP contribution in [0.4, 0.5) is 9.18 Å². The summed E-state index contributed by atoms with van der Waals surface area (Å²) in [6.07, 6.45) is -0.918. The lowest BCUT2D eigenvalue weighted by molar-refractivity contribution is -0.133. The molecule has 3 aromatic rings. The number of carbonyl (C=O) groups excluding carboxylic acids is 3. The largest absolute Gasteiger partial charge is 0.444 e. The third kappa shape index (κ3) is 14.3. The molecule has 3 amide bonds. The number of halogens is 1. The van der Waals surface area contributed by atoms with Crippen LogP contribution >= 0.6 is 0 Å². The molecule has 15 heteroatoms. The highest BCUT2D eigenvalue weighted by Gasteiger charge is 2.37. The second-order valence-electron chi connectivity index (χ2n) is 16.2. The van der Waals surface area contributed by atoms with Crippen LogP contribution in [-0.2, 0) is 37.3 Å². The van der Waals surface area contributed by atoms with E-state index in [-0.39, 0.29) is 36.9 Å². The summed E-state index contributed by atoms with van der Waals surface area (Å²) < 4.78 is 48.6. The number of hydrogen-bond donors (Lipinski definition) is 4. The van der Waals surface area contributed by atoms with Crippen molar-refractivity contribution in [2.45, 2.75) is 97.0 Å². The lowest BCUT2D eigenvalue weighted by Gasteiger charge is -2.35. The van der Waals surface area contributed by atoms with Crippen molar-refractivity contribution in [3.05, 3.63) is 101 Å². The van der Waals surface area contributed by atoms with E-state index in [0.717, 1.165) is 10.5 Å². The smallest absolute Gasteiger partial charge is 0.411 e. The summed E-state index contributed by atoms with van der Waals surface area (Å²) in [5.74, 6) is -1.96. The van der Waals surface area contributed by atoms with Crippen LogP contribution in [0.25, 0.3) is 0 Å². The Balaban J connectivity index is 1.90. The Bertz CT molecular complexity index is 1900. The Morgan fingerprint density at radius 3 is 2.07 bits per heavy atom. The lowest BCUT2D eigenvalue weighted by Crippen LogP contribution is -2.59. The molecule has 0 aliphatic rings. The molecule has 306 valence electrons. The number of benzene rings is 3. The number of rotatable bonds is 17. The molecule has 3 atom stereocenters. The fourth-order valence-corrected chi connectivity index (χ4v) is 7.42. The van der Waals surface area contributed by atoms with Gasteiger partial charge in [-0.3, -0.25) is 14.5 Å².